The summed E-state index contributed by atoms with van der Waals surface area (Å²) < 4.78 is 27.6. The fourth-order valence-corrected chi connectivity index (χ4v) is 3.56. The molecule has 0 spiro atoms. The van der Waals surface area contributed by atoms with Gasteiger partial charge in [0.15, 0.2) is 0 Å². The third-order valence-corrected chi connectivity index (χ3v) is 5.45. The van der Waals surface area contributed by atoms with Crippen molar-refractivity contribution in [3.63, 3.8) is 0 Å². The van der Waals surface area contributed by atoms with Crippen molar-refractivity contribution in [2.45, 2.75) is 6.54 Å². The third-order valence-electron chi connectivity index (χ3n) is 3.15. The molecule has 0 amide bonds. The molecule has 5 nitrogen and oxygen atoms in total. The van der Waals surface area contributed by atoms with Crippen molar-refractivity contribution in [2.75, 3.05) is 33.2 Å². The Balaban J connectivity index is 2.10. The van der Waals surface area contributed by atoms with Crippen LogP contribution in [0.25, 0.3) is 0 Å². The number of piperazine rings is 1. The van der Waals surface area contributed by atoms with Gasteiger partial charge in [-0.25, -0.2) is 0 Å². The highest BCUT2D eigenvalue weighted by molar-refractivity contribution is 7.86. The zero-order valence-corrected chi connectivity index (χ0v) is 12.4. The van der Waals surface area contributed by atoms with Crippen LogP contribution in [0.1, 0.15) is 5.56 Å². The van der Waals surface area contributed by atoms with Crippen LogP contribution in [-0.4, -0.2) is 50.3 Å². The minimum atomic E-state index is -3.41. The molecule has 1 N–H and O–H groups in total. The lowest BCUT2D eigenvalue weighted by Crippen LogP contribution is -2.50. The Morgan fingerprint density at radius 2 is 1.95 bits per heavy atom. The Kier molecular flexibility index (Phi) is 4.81. The van der Waals surface area contributed by atoms with E-state index in [0.29, 0.717) is 31.2 Å². The lowest BCUT2D eigenvalue weighted by Gasteiger charge is -2.30. The lowest BCUT2D eigenvalue weighted by atomic mass is 10.2. The van der Waals surface area contributed by atoms with E-state index in [0.717, 1.165) is 5.56 Å². The molecule has 1 saturated heterocycles. The van der Waals surface area contributed by atoms with Crippen LogP contribution in [-0.2, 0) is 16.8 Å². The number of benzene rings is 1. The number of hydrogen-bond acceptors (Lipinski definition) is 3. The first-order valence-electron chi connectivity index (χ1n) is 6.17. The topological polar surface area (TPSA) is 52.7 Å². The lowest BCUT2D eigenvalue weighted by molar-refractivity contribution is 0.324. The fourth-order valence-electron chi connectivity index (χ4n) is 2.02. The van der Waals surface area contributed by atoms with Crippen molar-refractivity contribution in [3.05, 3.63) is 34.9 Å². The van der Waals surface area contributed by atoms with E-state index in [1.807, 2.05) is 18.2 Å². The van der Waals surface area contributed by atoms with Crippen molar-refractivity contribution >= 4 is 21.8 Å². The molecule has 1 aliphatic rings. The molecular formula is C12H18ClN3O2S. The second-order valence-corrected chi connectivity index (χ2v) is 6.95. The van der Waals surface area contributed by atoms with Gasteiger partial charge in [0.25, 0.3) is 10.2 Å². The standard InChI is InChI=1S/C12H18ClN3O2S/c1-15(10-11-4-2-3-5-12(11)13)19(17,18)16-8-6-14-7-9-16/h2-5,14H,6-10H2,1H3. The van der Waals surface area contributed by atoms with Crippen LogP contribution < -0.4 is 5.32 Å². The van der Waals surface area contributed by atoms with Crippen LogP contribution in [0.15, 0.2) is 24.3 Å². The van der Waals surface area contributed by atoms with E-state index in [2.05, 4.69) is 5.32 Å². The van der Waals surface area contributed by atoms with Gasteiger partial charge < -0.3 is 5.32 Å². The summed E-state index contributed by atoms with van der Waals surface area (Å²) in [6.07, 6.45) is 0. The first-order chi connectivity index (χ1) is 9.01. The Hall–Kier alpha value is -0.660. The highest BCUT2D eigenvalue weighted by atomic mass is 35.5. The Morgan fingerprint density at radius 1 is 1.32 bits per heavy atom. The summed E-state index contributed by atoms with van der Waals surface area (Å²) in [5.74, 6) is 0. The molecule has 1 aliphatic heterocycles. The van der Waals surface area contributed by atoms with E-state index in [-0.39, 0.29) is 6.54 Å². The molecule has 1 aromatic carbocycles. The number of nitrogens with zero attached hydrogens (tertiary/aromatic N) is 2. The van der Waals surface area contributed by atoms with Gasteiger partial charge >= 0.3 is 0 Å². The molecule has 0 aliphatic carbocycles. The molecule has 2 rings (SSSR count). The number of hydrogen-bond donors (Lipinski definition) is 1. The van der Waals surface area contributed by atoms with Gasteiger partial charge in [0, 0.05) is 44.8 Å². The minimum absolute atomic E-state index is 0.284. The second-order valence-electron chi connectivity index (χ2n) is 4.50. The van der Waals surface area contributed by atoms with Gasteiger partial charge in [-0.2, -0.15) is 17.0 Å². The van der Waals surface area contributed by atoms with E-state index in [1.54, 1.807) is 13.1 Å². The van der Waals surface area contributed by atoms with Gasteiger partial charge in [-0.15, -0.1) is 0 Å². The predicted molar refractivity (Wildman–Crippen MR) is 76.3 cm³/mol. The average molecular weight is 304 g/mol. The molecule has 106 valence electrons. The van der Waals surface area contributed by atoms with E-state index >= 15 is 0 Å². The molecule has 0 atom stereocenters. The summed E-state index contributed by atoms with van der Waals surface area (Å²) in [7, 11) is -1.82. The van der Waals surface area contributed by atoms with Crippen molar-refractivity contribution in [3.8, 4) is 0 Å². The molecule has 0 bridgehead atoms. The first kappa shape index (κ1) is 14.7. The summed E-state index contributed by atoms with van der Waals surface area (Å²) in [5, 5.41) is 3.73. The maximum Gasteiger partial charge on any atom is 0.282 e. The molecule has 1 heterocycles. The zero-order chi connectivity index (χ0) is 13.9. The monoisotopic (exact) mass is 303 g/mol. The number of nitrogens with one attached hydrogen (secondary N) is 1. The highest BCUT2D eigenvalue weighted by Crippen LogP contribution is 2.19. The quantitative estimate of drug-likeness (QED) is 0.900. The predicted octanol–water partition coefficient (Wildman–Crippen LogP) is 0.922. The Morgan fingerprint density at radius 3 is 2.58 bits per heavy atom. The maximum atomic E-state index is 12.4. The van der Waals surface area contributed by atoms with Crippen LogP contribution >= 0.6 is 11.6 Å². The zero-order valence-electron chi connectivity index (χ0n) is 10.8. The third kappa shape index (κ3) is 3.46. The molecule has 0 aromatic heterocycles. The van der Waals surface area contributed by atoms with Gasteiger partial charge in [0.05, 0.1) is 0 Å². The summed E-state index contributed by atoms with van der Waals surface area (Å²) in [6, 6.07) is 7.29. The van der Waals surface area contributed by atoms with Crippen molar-refractivity contribution in [1.29, 1.82) is 0 Å². The normalized spacial score (nSPS) is 17.8. The SMILES string of the molecule is CN(Cc1ccccc1Cl)S(=O)(=O)N1CCNCC1. The van der Waals surface area contributed by atoms with Crippen LogP contribution in [0.4, 0.5) is 0 Å². The summed E-state index contributed by atoms with van der Waals surface area (Å²) in [4.78, 5) is 0. The smallest absolute Gasteiger partial charge is 0.282 e. The minimum Gasteiger partial charge on any atom is -0.314 e. The maximum absolute atomic E-state index is 12.4. The second kappa shape index (κ2) is 6.19. The van der Waals surface area contributed by atoms with Gasteiger partial charge in [0.2, 0.25) is 0 Å². The van der Waals surface area contributed by atoms with E-state index in [4.69, 9.17) is 11.6 Å². The van der Waals surface area contributed by atoms with Gasteiger partial charge in [0.1, 0.15) is 0 Å². The van der Waals surface area contributed by atoms with E-state index < -0.39 is 10.2 Å². The number of rotatable bonds is 4. The fraction of sp³-hybridized carbons (Fsp3) is 0.500. The molecule has 1 fully saturated rings. The van der Waals surface area contributed by atoms with Crippen LogP contribution in [0, 0.1) is 0 Å². The number of halogens is 1. The molecule has 7 heteroatoms. The first-order valence-corrected chi connectivity index (χ1v) is 7.95. The van der Waals surface area contributed by atoms with Gasteiger partial charge in [-0.1, -0.05) is 29.8 Å². The summed E-state index contributed by atoms with van der Waals surface area (Å²) >= 11 is 6.06. The van der Waals surface area contributed by atoms with Crippen LogP contribution in [0.3, 0.4) is 0 Å². The van der Waals surface area contributed by atoms with Crippen molar-refractivity contribution < 1.29 is 8.42 Å². The Bertz CT molecular complexity index is 530. The molecule has 0 unspecified atom stereocenters. The Labute approximate surface area is 119 Å². The summed E-state index contributed by atoms with van der Waals surface area (Å²) in [5.41, 5.74) is 0.811. The molecule has 1 aromatic rings. The molecule has 0 radical (unpaired) electrons. The van der Waals surface area contributed by atoms with Gasteiger partial charge in [-0.05, 0) is 11.6 Å². The van der Waals surface area contributed by atoms with E-state index in [9.17, 15) is 8.42 Å². The van der Waals surface area contributed by atoms with Crippen molar-refractivity contribution in [1.82, 2.24) is 13.9 Å². The average Bonchev–Trinajstić information content (AvgIpc) is 2.42. The van der Waals surface area contributed by atoms with Gasteiger partial charge in [-0.3, -0.25) is 0 Å². The summed E-state index contributed by atoms with van der Waals surface area (Å²) in [6.45, 7) is 2.69. The van der Waals surface area contributed by atoms with E-state index in [1.165, 1.54) is 8.61 Å². The van der Waals surface area contributed by atoms with Crippen molar-refractivity contribution in [2.24, 2.45) is 0 Å². The largest absolute Gasteiger partial charge is 0.314 e. The van der Waals surface area contributed by atoms with Crippen LogP contribution in [0.2, 0.25) is 5.02 Å². The molecule has 0 saturated carbocycles. The van der Waals surface area contributed by atoms with Crippen LogP contribution in [0.5, 0.6) is 0 Å². The highest BCUT2D eigenvalue weighted by Gasteiger charge is 2.28. The molecule has 19 heavy (non-hydrogen) atoms. The molecular weight excluding hydrogens is 286 g/mol.